The van der Waals surface area contributed by atoms with Crippen molar-refractivity contribution in [3.8, 4) is 11.1 Å². The number of hydrogen-bond donors (Lipinski definition) is 0. The van der Waals surface area contributed by atoms with Crippen molar-refractivity contribution in [2.24, 2.45) is 0 Å². The minimum absolute atomic E-state index is 0.0687. The number of para-hydroxylation sites is 1. The summed E-state index contributed by atoms with van der Waals surface area (Å²) in [5.41, 5.74) is 6.74. The van der Waals surface area contributed by atoms with Crippen LogP contribution in [0.1, 0.15) is 26.3 Å². The first-order valence-corrected chi connectivity index (χ1v) is 12.7. The Labute approximate surface area is 210 Å². The van der Waals surface area contributed by atoms with Crippen LogP contribution >= 0.6 is 24.0 Å². The molecule has 2 heterocycles. The normalized spacial score (nSPS) is 19.4. The number of amides is 1. The maximum absolute atomic E-state index is 13.2. The largest absolute Gasteiger partial charge is 0.344 e. The molecule has 0 atom stereocenters. The van der Waals surface area contributed by atoms with E-state index in [2.05, 4.69) is 74.2 Å². The molecule has 0 aliphatic carbocycles. The number of likely N-dealkylation sites (N-methyl/N-ethyl adjacent to an activating group) is 1. The van der Waals surface area contributed by atoms with E-state index in [9.17, 15) is 4.79 Å². The fraction of sp³-hybridized carbons (Fsp3) is 0.172. The highest BCUT2D eigenvalue weighted by Gasteiger charge is 2.40. The highest BCUT2D eigenvalue weighted by atomic mass is 32.2. The molecule has 2 aliphatic heterocycles. The van der Waals surface area contributed by atoms with Crippen LogP contribution in [-0.2, 0) is 10.2 Å². The van der Waals surface area contributed by atoms with Crippen molar-refractivity contribution in [3.05, 3.63) is 107 Å². The standard InChI is InChI=1S/C29H26N2OS2/c1-4-30-24-16-15-21(20-11-7-5-8-12-20)19-23(24)29(2,3)26(30)18-17-25-27(32)31(28(33)34-25)22-13-9-6-10-14-22/h5-19H,4H2,1-3H3/b25-17+,26-18-. The molecule has 0 radical (unpaired) electrons. The molecule has 0 saturated carbocycles. The predicted octanol–water partition coefficient (Wildman–Crippen LogP) is 7.30. The lowest BCUT2D eigenvalue weighted by atomic mass is 9.82. The maximum Gasteiger partial charge on any atom is 0.270 e. The number of thiocarbonyl (C=S) groups is 1. The van der Waals surface area contributed by atoms with Crippen LogP contribution in [-0.4, -0.2) is 16.8 Å². The summed E-state index contributed by atoms with van der Waals surface area (Å²) in [5.74, 6) is -0.0687. The minimum Gasteiger partial charge on any atom is -0.344 e. The number of thioether (sulfide) groups is 1. The molecule has 5 heteroatoms. The molecule has 3 nitrogen and oxygen atoms in total. The van der Waals surface area contributed by atoms with Crippen LogP contribution in [0.25, 0.3) is 11.1 Å². The molecular weight excluding hydrogens is 456 g/mol. The zero-order valence-corrected chi connectivity index (χ0v) is 21.1. The molecule has 5 rings (SSSR count). The summed E-state index contributed by atoms with van der Waals surface area (Å²) in [5, 5.41) is 0. The Morgan fingerprint density at radius 2 is 1.59 bits per heavy atom. The number of carbonyl (C=O) groups excluding carboxylic acids is 1. The molecular formula is C29H26N2OS2. The number of rotatable bonds is 4. The van der Waals surface area contributed by atoms with E-state index in [1.54, 1.807) is 4.90 Å². The summed E-state index contributed by atoms with van der Waals surface area (Å²) in [6, 6.07) is 26.8. The van der Waals surface area contributed by atoms with Gasteiger partial charge in [-0.05, 0) is 60.0 Å². The molecule has 34 heavy (non-hydrogen) atoms. The van der Waals surface area contributed by atoms with E-state index in [1.807, 2.05) is 42.5 Å². The third kappa shape index (κ3) is 3.79. The molecule has 3 aromatic rings. The second-order valence-electron chi connectivity index (χ2n) is 8.89. The van der Waals surface area contributed by atoms with Gasteiger partial charge in [0.25, 0.3) is 5.91 Å². The van der Waals surface area contributed by atoms with Gasteiger partial charge >= 0.3 is 0 Å². The zero-order valence-electron chi connectivity index (χ0n) is 19.5. The summed E-state index contributed by atoms with van der Waals surface area (Å²) < 4.78 is 0.565. The van der Waals surface area contributed by atoms with Gasteiger partial charge in [-0.3, -0.25) is 9.69 Å². The number of carbonyl (C=O) groups is 1. The lowest BCUT2D eigenvalue weighted by Gasteiger charge is -2.25. The van der Waals surface area contributed by atoms with Crippen molar-refractivity contribution in [2.75, 3.05) is 16.3 Å². The number of benzene rings is 3. The van der Waals surface area contributed by atoms with E-state index < -0.39 is 0 Å². The van der Waals surface area contributed by atoms with Gasteiger partial charge in [-0.25, -0.2) is 0 Å². The summed E-state index contributed by atoms with van der Waals surface area (Å²) in [6.07, 6.45) is 4.04. The highest BCUT2D eigenvalue weighted by Crippen LogP contribution is 2.49. The minimum atomic E-state index is -0.195. The second-order valence-corrected chi connectivity index (χ2v) is 10.6. The van der Waals surface area contributed by atoms with E-state index in [0.717, 1.165) is 12.2 Å². The summed E-state index contributed by atoms with van der Waals surface area (Å²) in [6.45, 7) is 7.53. The van der Waals surface area contributed by atoms with Gasteiger partial charge in [0, 0.05) is 23.3 Å². The third-order valence-corrected chi connectivity index (χ3v) is 7.84. The summed E-state index contributed by atoms with van der Waals surface area (Å²) in [4.78, 5) is 17.8. The number of fused-ring (bicyclic) bond motifs is 1. The van der Waals surface area contributed by atoms with Crippen LogP contribution in [0.15, 0.2) is 102 Å². The second kappa shape index (κ2) is 8.90. The van der Waals surface area contributed by atoms with Crippen molar-refractivity contribution in [2.45, 2.75) is 26.2 Å². The Morgan fingerprint density at radius 3 is 2.26 bits per heavy atom. The van der Waals surface area contributed by atoms with Crippen LogP contribution in [0.3, 0.4) is 0 Å². The van der Waals surface area contributed by atoms with Gasteiger partial charge in [-0.1, -0.05) is 92.4 Å². The van der Waals surface area contributed by atoms with E-state index >= 15 is 0 Å². The van der Waals surface area contributed by atoms with Crippen LogP contribution in [0, 0.1) is 0 Å². The smallest absolute Gasteiger partial charge is 0.270 e. The average molecular weight is 483 g/mol. The predicted molar refractivity (Wildman–Crippen MR) is 148 cm³/mol. The molecule has 1 fully saturated rings. The van der Waals surface area contributed by atoms with Crippen molar-refractivity contribution in [1.29, 1.82) is 0 Å². The molecule has 2 aliphatic rings. The van der Waals surface area contributed by atoms with Crippen molar-refractivity contribution in [1.82, 2.24) is 0 Å². The summed E-state index contributed by atoms with van der Waals surface area (Å²) >= 11 is 6.89. The Balaban J connectivity index is 1.51. The van der Waals surface area contributed by atoms with Gasteiger partial charge in [0.05, 0.1) is 10.6 Å². The molecule has 3 aromatic carbocycles. The van der Waals surface area contributed by atoms with E-state index in [4.69, 9.17) is 12.2 Å². The molecule has 0 bridgehead atoms. The number of anilines is 2. The highest BCUT2D eigenvalue weighted by molar-refractivity contribution is 8.27. The van der Waals surface area contributed by atoms with E-state index in [1.165, 1.54) is 39.8 Å². The fourth-order valence-corrected chi connectivity index (χ4v) is 6.00. The fourth-order valence-electron chi connectivity index (χ4n) is 4.76. The number of allylic oxidation sites excluding steroid dienone is 3. The molecule has 0 unspecified atom stereocenters. The van der Waals surface area contributed by atoms with Gasteiger partial charge in [0.15, 0.2) is 4.32 Å². The molecule has 0 aromatic heterocycles. The first-order chi connectivity index (χ1) is 16.4. The first-order valence-electron chi connectivity index (χ1n) is 11.4. The molecule has 1 amide bonds. The van der Waals surface area contributed by atoms with Gasteiger partial charge in [-0.15, -0.1) is 0 Å². The lowest BCUT2D eigenvalue weighted by Crippen LogP contribution is -2.27. The zero-order chi connectivity index (χ0) is 23.9. The monoisotopic (exact) mass is 482 g/mol. The van der Waals surface area contributed by atoms with Gasteiger partial charge in [0.1, 0.15) is 0 Å². The molecule has 1 saturated heterocycles. The van der Waals surface area contributed by atoms with Crippen molar-refractivity contribution >= 4 is 45.6 Å². The topological polar surface area (TPSA) is 23.6 Å². The Morgan fingerprint density at radius 1 is 0.912 bits per heavy atom. The lowest BCUT2D eigenvalue weighted by molar-refractivity contribution is -0.113. The average Bonchev–Trinajstić information content (AvgIpc) is 3.26. The summed E-state index contributed by atoms with van der Waals surface area (Å²) in [7, 11) is 0. The Kier molecular flexibility index (Phi) is 5.92. The van der Waals surface area contributed by atoms with Crippen LogP contribution in [0.4, 0.5) is 11.4 Å². The van der Waals surface area contributed by atoms with Crippen molar-refractivity contribution in [3.63, 3.8) is 0 Å². The Bertz CT molecular complexity index is 1330. The maximum atomic E-state index is 13.2. The molecule has 0 N–H and O–H groups in total. The molecule has 170 valence electrons. The molecule has 0 spiro atoms. The van der Waals surface area contributed by atoms with Gasteiger partial charge < -0.3 is 4.90 Å². The first kappa shape index (κ1) is 22.6. The van der Waals surface area contributed by atoms with E-state index in [0.29, 0.717) is 9.23 Å². The quantitative estimate of drug-likeness (QED) is 0.287. The van der Waals surface area contributed by atoms with Gasteiger partial charge in [-0.2, -0.15) is 0 Å². The third-order valence-electron chi connectivity index (χ3n) is 6.52. The van der Waals surface area contributed by atoms with E-state index in [-0.39, 0.29) is 11.3 Å². The Hall–Kier alpha value is -3.15. The van der Waals surface area contributed by atoms with Crippen LogP contribution in [0.2, 0.25) is 0 Å². The van der Waals surface area contributed by atoms with Crippen LogP contribution < -0.4 is 9.80 Å². The number of nitrogens with zero attached hydrogens (tertiary/aromatic N) is 2. The SMILES string of the molecule is CCN1/C(=C\C=C2\SC(=S)N(c3ccccc3)C2=O)C(C)(C)c2cc(-c3ccccc3)ccc21. The van der Waals surface area contributed by atoms with Crippen molar-refractivity contribution < 1.29 is 4.79 Å². The van der Waals surface area contributed by atoms with Gasteiger partial charge in [0.2, 0.25) is 0 Å². The number of hydrogen-bond acceptors (Lipinski definition) is 4. The van der Waals surface area contributed by atoms with Crippen LogP contribution in [0.5, 0.6) is 0 Å².